The molecule has 0 aliphatic rings. The fourth-order valence-corrected chi connectivity index (χ4v) is 2.87. The van der Waals surface area contributed by atoms with Gasteiger partial charge in [-0.2, -0.15) is 0 Å². The van der Waals surface area contributed by atoms with Crippen molar-refractivity contribution in [1.29, 1.82) is 0 Å². The normalized spacial score (nSPS) is 10.8. The maximum absolute atomic E-state index is 11.6. The van der Waals surface area contributed by atoms with E-state index in [-0.39, 0.29) is 12.4 Å². The highest BCUT2D eigenvalue weighted by Gasteiger charge is 2.18. The van der Waals surface area contributed by atoms with Crippen molar-refractivity contribution in [2.24, 2.45) is 0 Å². The van der Waals surface area contributed by atoms with E-state index in [1.165, 1.54) is 13.4 Å². The number of aromatic nitrogens is 1. The van der Waals surface area contributed by atoms with E-state index >= 15 is 0 Å². The van der Waals surface area contributed by atoms with Gasteiger partial charge in [0.05, 0.1) is 23.4 Å². The van der Waals surface area contributed by atoms with Crippen molar-refractivity contribution >= 4 is 40.1 Å². The third-order valence-electron chi connectivity index (χ3n) is 3.47. The summed E-state index contributed by atoms with van der Waals surface area (Å²) in [5.74, 6) is -0.0764. The van der Waals surface area contributed by atoms with E-state index in [1.807, 2.05) is 19.1 Å². The third kappa shape index (κ3) is 3.05. The van der Waals surface area contributed by atoms with E-state index in [0.717, 1.165) is 11.1 Å². The second-order valence-corrected chi connectivity index (χ2v) is 5.89. The quantitative estimate of drug-likeness (QED) is 0.620. The highest BCUT2D eigenvalue weighted by atomic mass is 35.5. The minimum atomic E-state index is -0.570. The zero-order chi connectivity index (χ0) is 17.3. The van der Waals surface area contributed by atoms with Crippen molar-refractivity contribution in [2.75, 3.05) is 7.11 Å². The Hall–Kier alpha value is -2.24. The molecule has 5 nitrogen and oxygen atoms in total. The van der Waals surface area contributed by atoms with E-state index in [0.29, 0.717) is 26.9 Å². The number of carbonyl (C=O) groups is 1. The highest BCUT2D eigenvalue weighted by Crippen LogP contribution is 2.37. The molecule has 0 radical (unpaired) electrons. The number of ether oxygens (including phenoxy) is 2. The maximum Gasteiger partial charge on any atom is 0.374 e. The maximum atomic E-state index is 11.6. The van der Waals surface area contributed by atoms with Gasteiger partial charge in [-0.05, 0) is 31.2 Å². The minimum absolute atomic E-state index is 0.0764. The zero-order valence-corrected chi connectivity index (χ0v) is 14.4. The number of nitrogens with zero attached hydrogens (tertiary/aromatic N) is 1. The number of rotatable bonds is 4. The highest BCUT2D eigenvalue weighted by molar-refractivity contribution is 6.39. The van der Waals surface area contributed by atoms with Gasteiger partial charge in [0.25, 0.3) is 0 Å². The fourth-order valence-electron chi connectivity index (χ4n) is 2.30. The minimum Gasteiger partial charge on any atom is -0.485 e. The largest absolute Gasteiger partial charge is 0.485 e. The Morgan fingerprint density at radius 1 is 1.25 bits per heavy atom. The number of fused-ring (bicyclic) bond motifs is 1. The second-order valence-electron chi connectivity index (χ2n) is 5.07. The SMILES string of the molecule is COC(=O)c1occc1COc1c(Cl)cc(Cl)c2ccc(C)nc12. The van der Waals surface area contributed by atoms with Gasteiger partial charge < -0.3 is 13.9 Å². The first kappa shape index (κ1) is 16.6. The lowest BCUT2D eigenvalue weighted by Gasteiger charge is -2.12. The Morgan fingerprint density at radius 3 is 2.79 bits per heavy atom. The standard InChI is InChI=1S/C17H13Cl2NO4/c1-9-3-4-11-12(18)7-13(19)16(14(11)20-9)24-8-10-5-6-23-15(10)17(21)22-2/h3-7H,8H2,1-2H3. The number of hydrogen-bond acceptors (Lipinski definition) is 5. The first-order valence-corrected chi connectivity index (χ1v) is 7.79. The summed E-state index contributed by atoms with van der Waals surface area (Å²) < 4.78 is 15.6. The van der Waals surface area contributed by atoms with Gasteiger partial charge in [0, 0.05) is 16.6 Å². The molecule has 0 N–H and O–H groups in total. The lowest BCUT2D eigenvalue weighted by molar-refractivity contribution is 0.0561. The molecule has 0 aliphatic heterocycles. The van der Waals surface area contributed by atoms with Crippen LogP contribution in [0.15, 0.2) is 34.9 Å². The summed E-state index contributed by atoms with van der Waals surface area (Å²) in [6, 6.07) is 6.96. The van der Waals surface area contributed by atoms with E-state index in [2.05, 4.69) is 9.72 Å². The lowest BCUT2D eigenvalue weighted by atomic mass is 10.2. The molecular weight excluding hydrogens is 353 g/mol. The summed E-state index contributed by atoms with van der Waals surface area (Å²) in [5.41, 5.74) is 1.92. The summed E-state index contributed by atoms with van der Waals surface area (Å²) >= 11 is 12.5. The molecule has 2 aromatic heterocycles. The smallest absolute Gasteiger partial charge is 0.374 e. The molecule has 7 heteroatoms. The van der Waals surface area contributed by atoms with Crippen molar-refractivity contribution in [3.05, 3.63) is 57.6 Å². The number of aryl methyl sites for hydroxylation is 1. The summed E-state index contributed by atoms with van der Waals surface area (Å²) in [7, 11) is 1.28. The molecule has 0 aliphatic carbocycles. The lowest BCUT2D eigenvalue weighted by Crippen LogP contribution is -2.06. The number of hydrogen-bond donors (Lipinski definition) is 0. The van der Waals surface area contributed by atoms with Crippen LogP contribution in [0, 0.1) is 6.92 Å². The van der Waals surface area contributed by atoms with Crippen LogP contribution in [-0.2, 0) is 11.3 Å². The summed E-state index contributed by atoms with van der Waals surface area (Å²) in [6.45, 7) is 1.94. The average Bonchev–Trinajstić information content (AvgIpc) is 3.02. The van der Waals surface area contributed by atoms with Crippen LogP contribution in [0.4, 0.5) is 0 Å². The van der Waals surface area contributed by atoms with Crippen LogP contribution in [0.25, 0.3) is 10.9 Å². The molecule has 3 rings (SSSR count). The first-order valence-electron chi connectivity index (χ1n) is 7.04. The molecule has 1 aromatic carbocycles. The predicted octanol–water partition coefficient (Wildman–Crippen LogP) is 4.81. The van der Waals surface area contributed by atoms with Crippen LogP contribution >= 0.6 is 23.2 Å². The predicted molar refractivity (Wildman–Crippen MR) is 90.9 cm³/mol. The molecule has 0 fully saturated rings. The third-order valence-corrected chi connectivity index (χ3v) is 4.06. The van der Waals surface area contributed by atoms with Gasteiger partial charge in [0.2, 0.25) is 5.76 Å². The number of pyridine rings is 1. The Morgan fingerprint density at radius 2 is 2.04 bits per heavy atom. The van der Waals surface area contributed by atoms with Crippen LogP contribution < -0.4 is 4.74 Å². The molecule has 0 amide bonds. The monoisotopic (exact) mass is 365 g/mol. The van der Waals surface area contributed by atoms with Gasteiger partial charge >= 0.3 is 5.97 Å². The van der Waals surface area contributed by atoms with Gasteiger partial charge in [0.1, 0.15) is 12.1 Å². The molecule has 0 saturated heterocycles. The number of furan rings is 1. The van der Waals surface area contributed by atoms with Gasteiger partial charge in [-0.15, -0.1) is 0 Å². The molecule has 0 bridgehead atoms. The molecule has 124 valence electrons. The molecular formula is C17H13Cl2NO4. The summed E-state index contributed by atoms with van der Waals surface area (Å²) in [4.78, 5) is 16.1. The van der Waals surface area contributed by atoms with Crippen LogP contribution in [-0.4, -0.2) is 18.1 Å². The van der Waals surface area contributed by atoms with E-state index < -0.39 is 5.97 Å². The first-order chi connectivity index (χ1) is 11.5. The second kappa shape index (κ2) is 6.71. The van der Waals surface area contributed by atoms with Crippen molar-refractivity contribution in [3.63, 3.8) is 0 Å². The van der Waals surface area contributed by atoms with Gasteiger partial charge in [-0.3, -0.25) is 0 Å². The van der Waals surface area contributed by atoms with Gasteiger partial charge in [0.15, 0.2) is 5.75 Å². The van der Waals surface area contributed by atoms with Crippen molar-refractivity contribution < 1.29 is 18.7 Å². The zero-order valence-electron chi connectivity index (χ0n) is 12.9. The molecule has 24 heavy (non-hydrogen) atoms. The molecule has 0 atom stereocenters. The van der Waals surface area contributed by atoms with Crippen LogP contribution in [0.3, 0.4) is 0 Å². The number of benzene rings is 1. The van der Waals surface area contributed by atoms with Crippen LogP contribution in [0.5, 0.6) is 5.75 Å². The fraction of sp³-hybridized carbons (Fsp3) is 0.176. The van der Waals surface area contributed by atoms with Crippen LogP contribution in [0.1, 0.15) is 21.8 Å². The van der Waals surface area contributed by atoms with Gasteiger partial charge in [-0.1, -0.05) is 23.2 Å². The number of carbonyl (C=O) groups excluding carboxylic acids is 1. The van der Waals surface area contributed by atoms with Crippen LogP contribution in [0.2, 0.25) is 10.0 Å². The molecule has 0 saturated carbocycles. The Bertz CT molecular complexity index is 920. The molecule has 2 heterocycles. The number of methoxy groups -OCH3 is 1. The molecule has 3 aromatic rings. The summed E-state index contributed by atoms with van der Waals surface area (Å²) in [6.07, 6.45) is 1.40. The molecule has 0 spiro atoms. The Labute approximate surface area is 148 Å². The van der Waals surface area contributed by atoms with Gasteiger partial charge in [-0.25, -0.2) is 9.78 Å². The van der Waals surface area contributed by atoms with Crippen molar-refractivity contribution in [3.8, 4) is 5.75 Å². The van der Waals surface area contributed by atoms with E-state index in [1.54, 1.807) is 12.1 Å². The number of halogens is 2. The topological polar surface area (TPSA) is 61.6 Å². The van der Waals surface area contributed by atoms with E-state index in [4.69, 9.17) is 32.4 Å². The van der Waals surface area contributed by atoms with Crippen molar-refractivity contribution in [2.45, 2.75) is 13.5 Å². The summed E-state index contributed by atoms with van der Waals surface area (Å²) in [5, 5.41) is 1.57. The molecule has 0 unspecified atom stereocenters. The average molecular weight is 366 g/mol. The van der Waals surface area contributed by atoms with E-state index in [9.17, 15) is 4.79 Å². The Kier molecular flexibility index (Phi) is 4.64. The number of esters is 1. The van der Waals surface area contributed by atoms with Crippen molar-refractivity contribution in [1.82, 2.24) is 4.98 Å². The Balaban J connectivity index is 1.98.